The lowest BCUT2D eigenvalue weighted by Gasteiger charge is -2.22. The van der Waals surface area contributed by atoms with Gasteiger partial charge in [0.2, 0.25) is 5.91 Å². The van der Waals surface area contributed by atoms with Crippen molar-refractivity contribution in [3.63, 3.8) is 0 Å². The monoisotopic (exact) mass is 449 g/mol. The SMILES string of the molecule is CCn1c(SC(C)C(=O)N(C)Cc2cccc(F)c2)nc2cc3ccccc3cc2c1=O. The molecule has 1 unspecified atom stereocenters. The van der Waals surface area contributed by atoms with E-state index in [0.717, 1.165) is 16.3 Å². The highest BCUT2D eigenvalue weighted by molar-refractivity contribution is 8.00. The van der Waals surface area contributed by atoms with Gasteiger partial charge in [-0.15, -0.1) is 0 Å². The highest BCUT2D eigenvalue weighted by Crippen LogP contribution is 2.26. The van der Waals surface area contributed by atoms with Crippen LogP contribution in [0.15, 0.2) is 70.6 Å². The molecule has 7 heteroatoms. The number of hydrogen-bond acceptors (Lipinski definition) is 4. The second-order valence-corrected chi connectivity index (χ2v) is 9.05. The minimum Gasteiger partial charge on any atom is -0.340 e. The van der Waals surface area contributed by atoms with Gasteiger partial charge in [-0.25, -0.2) is 9.37 Å². The number of halogens is 1. The quantitative estimate of drug-likeness (QED) is 0.240. The molecule has 5 nitrogen and oxygen atoms in total. The Kier molecular flexibility index (Phi) is 6.28. The zero-order valence-electron chi connectivity index (χ0n) is 18.2. The van der Waals surface area contributed by atoms with Gasteiger partial charge in [0.05, 0.1) is 16.2 Å². The topological polar surface area (TPSA) is 55.2 Å². The lowest BCUT2D eigenvalue weighted by atomic mass is 10.1. The van der Waals surface area contributed by atoms with E-state index in [1.54, 1.807) is 35.6 Å². The molecule has 0 spiro atoms. The van der Waals surface area contributed by atoms with Crippen molar-refractivity contribution in [2.75, 3.05) is 7.05 Å². The van der Waals surface area contributed by atoms with Crippen LogP contribution in [0.5, 0.6) is 0 Å². The minimum atomic E-state index is -0.462. The molecule has 0 aliphatic rings. The molecular formula is C25H24FN3O2S. The third-order valence-electron chi connectivity index (χ3n) is 5.42. The summed E-state index contributed by atoms with van der Waals surface area (Å²) in [4.78, 5) is 32.4. The predicted octanol–water partition coefficient (Wildman–Crippen LogP) is 4.85. The fraction of sp³-hybridized carbons (Fsp3) is 0.240. The normalized spacial score (nSPS) is 12.2. The molecule has 32 heavy (non-hydrogen) atoms. The maximum atomic E-state index is 13.5. The summed E-state index contributed by atoms with van der Waals surface area (Å²) >= 11 is 1.27. The zero-order valence-corrected chi connectivity index (χ0v) is 19.0. The number of thioether (sulfide) groups is 1. The van der Waals surface area contributed by atoms with Gasteiger partial charge in [-0.1, -0.05) is 48.2 Å². The number of rotatable bonds is 6. The Bertz CT molecular complexity index is 1370. The number of nitrogens with zero attached hydrogens (tertiary/aromatic N) is 3. The maximum Gasteiger partial charge on any atom is 0.262 e. The molecule has 3 aromatic carbocycles. The summed E-state index contributed by atoms with van der Waals surface area (Å²) in [6.07, 6.45) is 0. The van der Waals surface area contributed by atoms with Gasteiger partial charge in [0, 0.05) is 20.1 Å². The van der Waals surface area contributed by atoms with Gasteiger partial charge in [-0.3, -0.25) is 14.2 Å². The predicted molar refractivity (Wildman–Crippen MR) is 127 cm³/mol. The van der Waals surface area contributed by atoms with Gasteiger partial charge in [0.15, 0.2) is 5.16 Å². The molecule has 0 saturated carbocycles. The van der Waals surface area contributed by atoms with Gasteiger partial charge in [0.1, 0.15) is 5.82 Å². The Labute approximate surface area is 189 Å². The first-order valence-corrected chi connectivity index (χ1v) is 11.3. The lowest BCUT2D eigenvalue weighted by molar-refractivity contribution is -0.129. The molecule has 1 amide bonds. The average Bonchev–Trinajstić information content (AvgIpc) is 2.77. The molecule has 4 rings (SSSR count). The van der Waals surface area contributed by atoms with Crippen LogP contribution < -0.4 is 5.56 Å². The zero-order chi connectivity index (χ0) is 22.8. The van der Waals surface area contributed by atoms with E-state index in [0.29, 0.717) is 29.1 Å². The Morgan fingerprint density at radius 2 is 1.84 bits per heavy atom. The van der Waals surface area contributed by atoms with Crippen molar-refractivity contribution in [1.29, 1.82) is 0 Å². The van der Waals surface area contributed by atoms with Crippen LogP contribution in [0, 0.1) is 5.82 Å². The van der Waals surface area contributed by atoms with Crippen LogP contribution >= 0.6 is 11.8 Å². The number of hydrogen-bond donors (Lipinski definition) is 0. The first-order valence-electron chi connectivity index (χ1n) is 10.5. The highest BCUT2D eigenvalue weighted by atomic mass is 32.2. The summed E-state index contributed by atoms with van der Waals surface area (Å²) in [5.74, 6) is -0.444. The van der Waals surface area contributed by atoms with E-state index in [1.807, 2.05) is 43.3 Å². The number of carbonyl (C=O) groups is 1. The van der Waals surface area contributed by atoms with E-state index in [4.69, 9.17) is 4.98 Å². The van der Waals surface area contributed by atoms with Crippen molar-refractivity contribution in [3.8, 4) is 0 Å². The molecule has 0 aliphatic heterocycles. The Balaban J connectivity index is 1.62. The molecule has 0 aliphatic carbocycles. The molecule has 0 bridgehead atoms. The standard InChI is InChI=1S/C25H24FN3O2S/c1-4-29-24(31)21-13-18-9-5-6-10-19(18)14-22(21)27-25(29)32-16(2)23(30)28(3)15-17-8-7-11-20(26)12-17/h5-14,16H,4,15H2,1-3H3. The molecule has 0 fully saturated rings. The fourth-order valence-electron chi connectivity index (χ4n) is 3.76. The molecule has 1 heterocycles. The number of fused-ring (bicyclic) bond motifs is 2. The molecule has 164 valence electrons. The number of amides is 1. The number of aromatic nitrogens is 2. The second-order valence-electron chi connectivity index (χ2n) is 7.74. The fourth-order valence-corrected chi connectivity index (χ4v) is 4.85. The summed E-state index contributed by atoms with van der Waals surface area (Å²) < 4.78 is 15.1. The van der Waals surface area contributed by atoms with E-state index < -0.39 is 5.25 Å². The van der Waals surface area contributed by atoms with E-state index >= 15 is 0 Å². The smallest absolute Gasteiger partial charge is 0.262 e. The van der Waals surface area contributed by atoms with Gasteiger partial charge < -0.3 is 4.90 Å². The molecule has 1 aromatic heterocycles. The van der Waals surface area contributed by atoms with Crippen molar-refractivity contribution in [1.82, 2.24) is 14.5 Å². The minimum absolute atomic E-state index is 0.112. The van der Waals surface area contributed by atoms with Crippen molar-refractivity contribution in [2.24, 2.45) is 0 Å². The van der Waals surface area contributed by atoms with E-state index in [2.05, 4.69) is 0 Å². The van der Waals surface area contributed by atoms with Crippen LogP contribution in [-0.2, 0) is 17.9 Å². The van der Waals surface area contributed by atoms with E-state index in [9.17, 15) is 14.0 Å². The summed E-state index contributed by atoms with van der Waals surface area (Å²) in [5.41, 5.74) is 1.23. The van der Waals surface area contributed by atoms with Crippen LogP contribution in [0.1, 0.15) is 19.4 Å². The molecule has 0 N–H and O–H groups in total. The van der Waals surface area contributed by atoms with Crippen molar-refractivity contribution in [3.05, 3.63) is 82.4 Å². The van der Waals surface area contributed by atoms with Gasteiger partial charge in [-0.05, 0) is 54.4 Å². The summed E-state index contributed by atoms with van der Waals surface area (Å²) in [6, 6.07) is 17.9. The van der Waals surface area contributed by atoms with Gasteiger partial charge >= 0.3 is 0 Å². The first kappa shape index (κ1) is 22.0. The third kappa shape index (κ3) is 4.39. The molecule has 0 saturated heterocycles. The van der Waals surface area contributed by atoms with E-state index in [1.165, 1.54) is 23.9 Å². The van der Waals surface area contributed by atoms with E-state index in [-0.39, 0.29) is 17.3 Å². The highest BCUT2D eigenvalue weighted by Gasteiger charge is 2.22. The van der Waals surface area contributed by atoms with Crippen LogP contribution in [0.2, 0.25) is 0 Å². The van der Waals surface area contributed by atoms with Gasteiger partial charge in [-0.2, -0.15) is 0 Å². The molecule has 0 radical (unpaired) electrons. The summed E-state index contributed by atoms with van der Waals surface area (Å²) in [6.45, 7) is 4.45. The summed E-state index contributed by atoms with van der Waals surface area (Å²) in [5, 5.41) is 2.62. The maximum absolute atomic E-state index is 13.5. The average molecular weight is 450 g/mol. The molecule has 4 aromatic rings. The molecule has 1 atom stereocenters. The lowest BCUT2D eigenvalue weighted by Crippen LogP contribution is -2.33. The van der Waals surface area contributed by atoms with Crippen molar-refractivity contribution in [2.45, 2.75) is 37.3 Å². The first-order chi connectivity index (χ1) is 15.4. The third-order valence-corrected chi connectivity index (χ3v) is 6.50. The van der Waals surface area contributed by atoms with Crippen LogP contribution in [0.4, 0.5) is 4.39 Å². The Morgan fingerprint density at radius 3 is 2.53 bits per heavy atom. The number of carbonyl (C=O) groups excluding carboxylic acids is 1. The van der Waals surface area contributed by atoms with Gasteiger partial charge in [0.25, 0.3) is 5.56 Å². The van der Waals surface area contributed by atoms with Crippen LogP contribution in [0.25, 0.3) is 21.7 Å². The second kappa shape index (κ2) is 9.12. The Hall–Kier alpha value is -3.19. The van der Waals surface area contributed by atoms with Crippen LogP contribution in [0.3, 0.4) is 0 Å². The van der Waals surface area contributed by atoms with Crippen molar-refractivity contribution < 1.29 is 9.18 Å². The summed E-state index contributed by atoms with van der Waals surface area (Å²) in [7, 11) is 1.69. The number of benzene rings is 3. The largest absolute Gasteiger partial charge is 0.340 e. The molecular weight excluding hydrogens is 425 g/mol. The Morgan fingerprint density at radius 1 is 1.12 bits per heavy atom. The van der Waals surface area contributed by atoms with Crippen molar-refractivity contribution >= 4 is 39.3 Å². The van der Waals surface area contributed by atoms with Crippen LogP contribution in [-0.4, -0.2) is 32.7 Å².